The molecule has 0 aliphatic rings. The Kier molecular flexibility index (Phi) is 5.66. The van der Waals surface area contributed by atoms with Crippen molar-refractivity contribution >= 4 is 22.5 Å². The van der Waals surface area contributed by atoms with Crippen molar-refractivity contribution in [3.63, 3.8) is 0 Å². The average Bonchev–Trinajstić information content (AvgIpc) is 3.14. The zero-order valence-electron chi connectivity index (χ0n) is 17.0. The molecular weight excluding hydrogens is 372 g/mol. The van der Waals surface area contributed by atoms with Crippen LogP contribution in [0.4, 0.5) is 5.69 Å². The van der Waals surface area contributed by atoms with Crippen LogP contribution < -0.4 is 10.1 Å². The highest BCUT2D eigenvalue weighted by Gasteiger charge is 2.17. The molecule has 0 saturated heterocycles. The van der Waals surface area contributed by atoms with Gasteiger partial charge in [0.1, 0.15) is 18.1 Å². The number of hydrogen-bond donors (Lipinski definition) is 1. The molecule has 0 aliphatic carbocycles. The Balaban J connectivity index is 1.66. The summed E-state index contributed by atoms with van der Waals surface area (Å²) < 4.78 is 8.05. The number of ether oxygens (including phenoxy) is 1. The third-order valence-electron chi connectivity index (χ3n) is 5.00. The van der Waals surface area contributed by atoms with Crippen molar-refractivity contribution in [2.75, 3.05) is 5.32 Å². The number of carbonyl (C=O) groups is 1. The number of nitrogens with one attached hydrogen (secondary N) is 1. The van der Waals surface area contributed by atoms with E-state index in [0.717, 1.165) is 33.5 Å². The second kappa shape index (κ2) is 8.70. The van der Waals surface area contributed by atoms with Gasteiger partial charge in [0.15, 0.2) is 0 Å². The number of nitrogens with zero attached hydrogens (tertiary/aromatic N) is 1. The van der Waals surface area contributed by atoms with Gasteiger partial charge in [-0.05, 0) is 42.8 Å². The zero-order chi connectivity index (χ0) is 20.9. The minimum atomic E-state index is -0.161. The van der Waals surface area contributed by atoms with Crippen LogP contribution in [0.25, 0.3) is 10.9 Å². The Hall–Kier alpha value is -3.79. The second-order valence-electron chi connectivity index (χ2n) is 7.21. The number of anilines is 1. The summed E-state index contributed by atoms with van der Waals surface area (Å²) in [6.45, 7) is 6.87. The maximum atomic E-state index is 13.0. The van der Waals surface area contributed by atoms with E-state index in [1.807, 2.05) is 90.4 Å². The highest BCUT2D eigenvalue weighted by Crippen LogP contribution is 2.30. The first-order chi connectivity index (χ1) is 14.7. The van der Waals surface area contributed by atoms with Gasteiger partial charge in [-0.25, -0.2) is 0 Å². The van der Waals surface area contributed by atoms with Crippen molar-refractivity contribution in [3.8, 4) is 5.75 Å². The molecule has 0 fully saturated rings. The third kappa shape index (κ3) is 4.13. The molecule has 150 valence electrons. The van der Waals surface area contributed by atoms with E-state index in [2.05, 4.69) is 11.9 Å². The molecule has 0 spiro atoms. The van der Waals surface area contributed by atoms with E-state index in [9.17, 15) is 4.79 Å². The van der Waals surface area contributed by atoms with Gasteiger partial charge in [-0.3, -0.25) is 4.79 Å². The SMILES string of the molecule is C=CCn1c(C(=O)Nc2ccc(C)cc2)cc2c(OCc3ccccc3)cccc21. The molecule has 0 saturated carbocycles. The van der Waals surface area contributed by atoms with Crippen LogP contribution in [-0.2, 0) is 13.2 Å². The number of aryl methyl sites for hydroxylation is 1. The lowest BCUT2D eigenvalue weighted by Gasteiger charge is -2.10. The van der Waals surface area contributed by atoms with Gasteiger partial charge in [-0.2, -0.15) is 0 Å². The second-order valence-corrected chi connectivity index (χ2v) is 7.21. The molecule has 3 aromatic carbocycles. The quantitative estimate of drug-likeness (QED) is 0.391. The zero-order valence-corrected chi connectivity index (χ0v) is 17.0. The largest absolute Gasteiger partial charge is 0.488 e. The van der Waals surface area contributed by atoms with E-state index >= 15 is 0 Å². The molecule has 4 nitrogen and oxygen atoms in total. The predicted molar refractivity (Wildman–Crippen MR) is 122 cm³/mol. The van der Waals surface area contributed by atoms with Gasteiger partial charge >= 0.3 is 0 Å². The Morgan fingerprint density at radius 1 is 1.03 bits per heavy atom. The van der Waals surface area contributed by atoms with Crippen LogP contribution in [0.2, 0.25) is 0 Å². The fourth-order valence-electron chi connectivity index (χ4n) is 3.46. The molecule has 0 bridgehead atoms. The molecule has 4 heteroatoms. The summed E-state index contributed by atoms with van der Waals surface area (Å²) >= 11 is 0. The number of aromatic nitrogens is 1. The standard InChI is InChI=1S/C26H24N2O2/c1-3-16-28-23-10-7-11-25(30-18-20-8-5-4-6-9-20)22(23)17-24(28)26(29)27-21-14-12-19(2)13-15-21/h3-15,17H,1,16,18H2,2H3,(H,27,29). The van der Waals surface area contributed by atoms with E-state index in [1.54, 1.807) is 6.08 Å². The minimum absolute atomic E-state index is 0.161. The van der Waals surface area contributed by atoms with E-state index in [-0.39, 0.29) is 5.91 Å². The topological polar surface area (TPSA) is 43.3 Å². The molecule has 0 unspecified atom stereocenters. The summed E-state index contributed by atoms with van der Waals surface area (Å²) in [5, 5.41) is 3.89. The summed E-state index contributed by atoms with van der Waals surface area (Å²) in [4.78, 5) is 13.0. The summed E-state index contributed by atoms with van der Waals surface area (Å²) in [6.07, 6.45) is 1.79. The smallest absolute Gasteiger partial charge is 0.272 e. The number of rotatable bonds is 7. The van der Waals surface area contributed by atoms with Gasteiger partial charge in [0, 0.05) is 17.6 Å². The molecule has 4 aromatic rings. The third-order valence-corrected chi connectivity index (χ3v) is 5.00. The molecule has 1 heterocycles. The maximum absolute atomic E-state index is 13.0. The normalized spacial score (nSPS) is 10.7. The molecule has 4 rings (SSSR count). The van der Waals surface area contributed by atoms with Crippen molar-refractivity contribution in [3.05, 3.63) is 108 Å². The van der Waals surface area contributed by atoms with Gasteiger partial charge in [0.05, 0.1) is 5.52 Å². The van der Waals surface area contributed by atoms with Crippen LogP contribution in [-0.4, -0.2) is 10.5 Å². The Labute approximate surface area is 176 Å². The van der Waals surface area contributed by atoms with Crippen LogP contribution in [0.15, 0.2) is 91.5 Å². The monoisotopic (exact) mass is 396 g/mol. The minimum Gasteiger partial charge on any atom is -0.488 e. The molecule has 0 radical (unpaired) electrons. The molecule has 1 aromatic heterocycles. The van der Waals surface area contributed by atoms with Crippen molar-refractivity contribution in [1.82, 2.24) is 4.57 Å². The fraction of sp³-hybridized carbons (Fsp3) is 0.115. The Morgan fingerprint density at radius 2 is 1.80 bits per heavy atom. The summed E-state index contributed by atoms with van der Waals surface area (Å²) in [6, 6.07) is 25.6. The van der Waals surface area contributed by atoms with Crippen LogP contribution in [0.1, 0.15) is 21.6 Å². The van der Waals surface area contributed by atoms with Gasteiger partial charge < -0.3 is 14.6 Å². The van der Waals surface area contributed by atoms with Crippen molar-refractivity contribution < 1.29 is 9.53 Å². The van der Waals surface area contributed by atoms with Crippen molar-refractivity contribution in [1.29, 1.82) is 0 Å². The Bertz CT molecular complexity index is 1180. The fourth-order valence-corrected chi connectivity index (χ4v) is 3.46. The summed E-state index contributed by atoms with van der Waals surface area (Å²) in [7, 11) is 0. The average molecular weight is 396 g/mol. The number of benzene rings is 3. The lowest BCUT2D eigenvalue weighted by Crippen LogP contribution is -2.16. The molecule has 30 heavy (non-hydrogen) atoms. The predicted octanol–water partition coefficient (Wildman–Crippen LogP) is 5.97. The van der Waals surface area contributed by atoms with Crippen LogP contribution >= 0.6 is 0 Å². The van der Waals surface area contributed by atoms with Crippen LogP contribution in [0, 0.1) is 6.92 Å². The molecule has 1 N–H and O–H groups in total. The van der Waals surface area contributed by atoms with Crippen LogP contribution in [0.3, 0.4) is 0 Å². The van der Waals surface area contributed by atoms with E-state index in [0.29, 0.717) is 18.8 Å². The van der Waals surface area contributed by atoms with Gasteiger partial charge in [-0.1, -0.05) is 60.2 Å². The molecule has 1 amide bonds. The first-order valence-electron chi connectivity index (χ1n) is 9.93. The number of hydrogen-bond acceptors (Lipinski definition) is 2. The van der Waals surface area contributed by atoms with Gasteiger partial charge in [0.25, 0.3) is 5.91 Å². The van der Waals surface area contributed by atoms with E-state index in [1.165, 1.54) is 0 Å². The van der Waals surface area contributed by atoms with Crippen LogP contribution in [0.5, 0.6) is 5.75 Å². The number of fused-ring (bicyclic) bond motifs is 1. The van der Waals surface area contributed by atoms with Gasteiger partial charge in [-0.15, -0.1) is 6.58 Å². The van der Waals surface area contributed by atoms with Crippen molar-refractivity contribution in [2.45, 2.75) is 20.1 Å². The van der Waals surface area contributed by atoms with E-state index in [4.69, 9.17) is 4.74 Å². The maximum Gasteiger partial charge on any atom is 0.272 e. The molecule has 0 atom stereocenters. The highest BCUT2D eigenvalue weighted by molar-refractivity contribution is 6.07. The summed E-state index contributed by atoms with van der Waals surface area (Å²) in [5.41, 5.74) is 4.52. The molecule has 0 aliphatic heterocycles. The lowest BCUT2D eigenvalue weighted by atomic mass is 10.2. The highest BCUT2D eigenvalue weighted by atomic mass is 16.5. The number of amides is 1. The molecular formula is C26H24N2O2. The first-order valence-corrected chi connectivity index (χ1v) is 9.93. The summed E-state index contributed by atoms with van der Waals surface area (Å²) in [5.74, 6) is 0.592. The first kappa shape index (κ1) is 19.5. The van der Waals surface area contributed by atoms with Gasteiger partial charge in [0.2, 0.25) is 0 Å². The van der Waals surface area contributed by atoms with Crippen molar-refractivity contribution in [2.24, 2.45) is 0 Å². The van der Waals surface area contributed by atoms with E-state index < -0.39 is 0 Å². The number of carbonyl (C=O) groups excluding carboxylic acids is 1. The Morgan fingerprint density at radius 3 is 2.53 bits per heavy atom. The lowest BCUT2D eigenvalue weighted by molar-refractivity contribution is 0.101. The number of allylic oxidation sites excluding steroid dienone is 1.